The first-order valence-corrected chi connectivity index (χ1v) is 10.8. The zero-order chi connectivity index (χ0) is 23.5. The zero-order valence-electron chi connectivity index (χ0n) is 19.0. The lowest BCUT2D eigenvalue weighted by Crippen LogP contribution is -2.41. The zero-order valence-corrected chi connectivity index (χ0v) is 19.8. The lowest BCUT2D eigenvalue weighted by atomic mass is 9.77. The normalized spacial score (nSPS) is 17.3. The highest BCUT2D eigenvalue weighted by Crippen LogP contribution is 2.39. The van der Waals surface area contributed by atoms with E-state index in [4.69, 9.17) is 25.6 Å². The van der Waals surface area contributed by atoms with Crippen LogP contribution in [0.2, 0.25) is 5.02 Å². The third kappa shape index (κ3) is 5.71. The largest absolute Gasteiger partial charge is 0.492 e. The molecule has 1 amide bonds. The summed E-state index contributed by atoms with van der Waals surface area (Å²) in [6.45, 7) is 9.72. The van der Waals surface area contributed by atoms with E-state index in [0.29, 0.717) is 16.1 Å². The van der Waals surface area contributed by atoms with Crippen molar-refractivity contribution in [1.29, 1.82) is 0 Å². The van der Waals surface area contributed by atoms with Gasteiger partial charge in [-0.15, -0.1) is 0 Å². The molecule has 32 heavy (non-hydrogen) atoms. The molecule has 3 rings (SSSR count). The highest BCUT2D eigenvalue weighted by atomic mass is 35.5. The fraction of sp³-hybridized carbons (Fsp3) is 0.375. The van der Waals surface area contributed by atoms with Crippen LogP contribution in [0.4, 0.5) is 9.18 Å². The SMILES string of the molecule is Cc1cc(C=C(CNC(=O)OCc2ccccc2)B2OC(C)(C)C(C)(C)O2)c(F)cc1Cl. The summed E-state index contributed by atoms with van der Waals surface area (Å²) in [6.07, 6.45) is 1.03. The molecule has 170 valence electrons. The number of rotatable bonds is 6. The van der Waals surface area contributed by atoms with E-state index < -0.39 is 30.2 Å². The number of carbonyl (C=O) groups is 1. The van der Waals surface area contributed by atoms with Gasteiger partial charge in [-0.05, 0) is 63.4 Å². The maximum Gasteiger partial charge on any atom is 0.492 e. The maximum absolute atomic E-state index is 14.6. The standard InChI is InChI=1S/C24H28BClFNO4/c1-16-11-18(21(27)13-20(16)26)12-19(25-31-23(2,3)24(4,5)32-25)14-28-22(29)30-15-17-9-7-6-8-10-17/h6-13H,14-15H2,1-5H3,(H,28,29). The van der Waals surface area contributed by atoms with Crippen molar-refractivity contribution in [3.63, 3.8) is 0 Å². The monoisotopic (exact) mass is 459 g/mol. The van der Waals surface area contributed by atoms with Gasteiger partial charge in [0.15, 0.2) is 0 Å². The summed E-state index contributed by atoms with van der Waals surface area (Å²) in [5.41, 5.74) is 1.33. The van der Waals surface area contributed by atoms with Crippen molar-refractivity contribution in [3.8, 4) is 0 Å². The van der Waals surface area contributed by atoms with E-state index in [9.17, 15) is 9.18 Å². The predicted octanol–water partition coefficient (Wildman–Crippen LogP) is 5.73. The van der Waals surface area contributed by atoms with E-state index in [1.165, 1.54) is 6.07 Å². The summed E-state index contributed by atoms with van der Waals surface area (Å²) < 4.78 is 32.1. The molecule has 0 unspecified atom stereocenters. The van der Waals surface area contributed by atoms with Crippen LogP contribution in [0.5, 0.6) is 0 Å². The topological polar surface area (TPSA) is 56.8 Å². The Morgan fingerprint density at radius 2 is 1.78 bits per heavy atom. The molecule has 1 heterocycles. The Kier molecular flexibility index (Phi) is 7.33. The van der Waals surface area contributed by atoms with Crippen LogP contribution in [0.15, 0.2) is 47.9 Å². The first-order valence-electron chi connectivity index (χ1n) is 10.4. The third-order valence-electron chi connectivity index (χ3n) is 5.82. The lowest BCUT2D eigenvalue weighted by Gasteiger charge is -2.32. The lowest BCUT2D eigenvalue weighted by molar-refractivity contribution is 0.00578. The average molecular weight is 460 g/mol. The van der Waals surface area contributed by atoms with Gasteiger partial charge in [-0.25, -0.2) is 9.18 Å². The Labute approximate surface area is 194 Å². The molecule has 2 aromatic carbocycles. The van der Waals surface area contributed by atoms with Crippen LogP contribution >= 0.6 is 11.6 Å². The van der Waals surface area contributed by atoms with Gasteiger partial charge in [-0.3, -0.25) is 0 Å². The molecule has 1 fully saturated rings. The van der Waals surface area contributed by atoms with Gasteiger partial charge < -0.3 is 19.4 Å². The molecule has 0 aliphatic carbocycles. The van der Waals surface area contributed by atoms with Gasteiger partial charge in [0, 0.05) is 17.1 Å². The second-order valence-corrected chi connectivity index (χ2v) is 9.25. The third-order valence-corrected chi connectivity index (χ3v) is 6.23. The number of nitrogens with one attached hydrogen (secondary N) is 1. The van der Waals surface area contributed by atoms with Crippen LogP contribution in [0, 0.1) is 12.7 Å². The molecule has 0 aromatic heterocycles. The number of benzene rings is 2. The molecule has 1 N–H and O–H groups in total. The van der Waals surface area contributed by atoms with Crippen molar-refractivity contribution in [1.82, 2.24) is 5.32 Å². The number of amides is 1. The summed E-state index contributed by atoms with van der Waals surface area (Å²) in [6, 6.07) is 12.3. The van der Waals surface area contributed by atoms with E-state index >= 15 is 0 Å². The Hall–Kier alpha value is -2.35. The molecule has 5 nitrogen and oxygen atoms in total. The maximum atomic E-state index is 14.6. The number of carbonyl (C=O) groups excluding carboxylic acids is 1. The van der Waals surface area contributed by atoms with Gasteiger partial charge >= 0.3 is 13.2 Å². The fourth-order valence-electron chi connectivity index (χ4n) is 3.14. The molecule has 0 radical (unpaired) electrons. The minimum atomic E-state index is -0.759. The van der Waals surface area contributed by atoms with Crippen LogP contribution in [0.3, 0.4) is 0 Å². The van der Waals surface area contributed by atoms with Gasteiger partial charge in [-0.1, -0.05) is 48.0 Å². The number of halogens is 2. The first-order chi connectivity index (χ1) is 15.0. The van der Waals surface area contributed by atoms with Crippen molar-refractivity contribution in [3.05, 3.63) is 75.5 Å². The minimum Gasteiger partial charge on any atom is -0.445 e. The van der Waals surface area contributed by atoms with Gasteiger partial charge in [0.2, 0.25) is 0 Å². The number of alkyl carbamates (subject to hydrolysis) is 1. The fourth-order valence-corrected chi connectivity index (χ4v) is 3.29. The van der Waals surface area contributed by atoms with E-state index in [1.807, 2.05) is 58.0 Å². The minimum absolute atomic E-state index is 0.0611. The van der Waals surface area contributed by atoms with Gasteiger partial charge in [-0.2, -0.15) is 0 Å². The number of hydrogen-bond acceptors (Lipinski definition) is 4. The Bertz CT molecular complexity index is 995. The molecular formula is C24H28BClFNO4. The van der Waals surface area contributed by atoms with E-state index in [2.05, 4.69) is 5.32 Å². The highest BCUT2D eigenvalue weighted by Gasteiger charge is 2.52. The van der Waals surface area contributed by atoms with Gasteiger partial charge in [0.05, 0.1) is 11.2 Å². The van der Waals surface area contributed by atoms with Crippen molar-refractivity contribution in [2.45, 2.75) is 52.4 Å². The predicted molar refractivity (Wildman–Crippen MR) is 125 cm³/mol. The van der Waals surface area contributed by atoms with E-state index in [-0.39, 0.29) is 13.2 Å². The smallest absolute Gasteiger partial charge is 0.445 e. The summed E-state index contributed by atoms with van der Waals surface area (Å²) in [5.74, 6) is -0.471. The molecule has 0 atom stereocenters. The Morgan fingerprint density at radius 3 is 2.41 bits per heavy atom. The van der Waals surface area contributed by atoms with Crippen LogP contribution in [-0.2, 0) is 20.7 Å². The second kappa shape index (κ2) is 9.65. The molecule has 8 heteroatoms. The van der Waals surface area contributed by atoms with Crippen molar-refractivity contribution in [2.24, 2.45) is 0 Å². The van der Waals surface area contributed by atoms with Crippen LogP contribution in [-0.4, -0.2) is 31.0 Å². The summed E-state index contributed by atoms with van der Waals surface area (Å²) >= 11 is 6.03. The highest BCUT2D eigenvalue weighted by molar-refractivity contribution is 6.56. The molecule has 0 spiro atoms. The Morgan fingerprint density at radius 1 is 1.16 bits per heavy atom. The molecule has 2 aromatic rings. The number of aryl methyl sites for hydroxylation is 1. The molecule has 1 aliphatic heterocycles. The van der Waals surface area contributed by atoms with Crippen molar-refractivity contribution in [2.75, 3.05) is 6.54 Å². The molecular weight excluding hydrogens is 432 g/mol. The van der Waals surface area contributed by atoms with Crippen molar-refractivity contribution < 1.29 is 23.2 Å². The quantitative estimate of drug-likeness (QED) is 0.561. The average Bonchev–Trinajstić information content (AvgIpc) is 2.95. The van der Waals surface area contributed by atoms with E-state index in [1.54, 1.807) is 19.1 Å². The first kappa shape index (κ1) is 24.3. The molecule has 1 saturated heterocycles. The number of ether oxygens (including phenoxy) is 1. The van der Waals surface area contributed by atoms with Gasteiger partial charge in [0.1, 0.15) is 12.4 Å². The Balaban J connectivity index is 1.78. The van der Waals surface area contributed by atoms with Crippen LogP contribution in [0.25, 0.3) is 6.08 Å². The van der Waals surface area contributed by atoms with E-state index in [0.717, 1.165) is 11.1 Å². The molecule has 0 saturated carbocycles. The summed E-state index contributed by atoms with van der Waals surface area (Å²) in [4.78, 5) is 12.3. The van der Waals surface area contributed by atoms with Crippen LogP contribution in [0.1, 0.15) is 44.4 Å². The second-order valence-electron chi connectivity index (χ2n) is 8.85. The number of hydrogen-bond donors (Lipinski definition) is 1. The summed E-state index contributed by atoms with van der Waals surface area (Å²) in [5, 5.41) is 3.06. The molecule has 1 aliphatic rings. The summed E-state index contributed by atoms with van der Waals surface area (Å²) in [7, 11) is -0.759. The van der Waals surface area contributed by atoms with Crippen molar-refractivity contribution >= 4 is 30.9 Å². The molecule has 0 bridgehead atoms. The van der Waals surface area contributed by atoms with Crippen LogP contribution < -0.4 is 5.32 Å². The van der Waals surface area contributed by atoms with Gasteiger partial charge in [0.25, 0.3) is 0 Å².